The molecule has 0 aromatic heterocycles. The van der Waals surface area contributed by atoms with Gasteiger partial charge in [-0.1, -0.05) is 25.5 Å². The molecule has 1 amide bonds. The zero-order valence-electron chi connectivity index (χ0n) is 13.1. The summed E-state index contributed by atoms with van der Waals surface area (Å²) in [6.45, 7) is 3.13. The van der Waals surface area contributed by atoms with Gasteiger partial charge in [0.25, 0.3) is 0 Å². The molecule has 1 aliphatic carbocycles. The molecule has 2 fully saturated rings. The summed E-state index contributed by atoms with van der Waals surface area (Å²) in [6.07, 6.45) is 4.26. The van der Waals surface area contributed by atoms with Crippen LogP contribution >= 0.6 is 0 Å². The minimum Gasteiger partial charge on any atom is -0.387 e. The highest BCUT2D eigenvalue weighted by molar-refractivity contribution is 5.77. The van der Waals surface area contributed by atoms with Gasteiger partial charge >= 0.3 is 0 Å². The van der Waals surface area contributed by atoms with Crippen LogP contribution < -0.4 is 0 Å². The van der Waals surface area contributed by atoms with Crippen molar-refractivity contribution < 1.29 is 14.3 Å². The maximum atomic E-state index is 13.2. The maximum absolute atomic E-state index is 13.2. The molecule has 1 aromatic rings. The Morgan fingerprint density at radius 2 is 2.23 bits per heavy atom. The quantitative estimate of drug-likeness (QED) is 0.929. The van der Waals surface area contributed by atoms with E-state index in [1.807, 2.05) is 13.0 Å². The van der Waals surface area contributed by atoms with Crippen LogP contribution in [0.2, 0.25) is 0 Å². The first-order chi connectivity index (χ1) is 10.5. The number of aliphatic hydroxyl groups is 1. The second-order valence-electron chi connectivity index (χ2n) is 6.92. The van der Waals surface area contributed by atoms with E-state index < -0.39 is 5.60 Å². The van der Waals surface area contributed by atoms with Crippen LogP contribution in [0.3, 0.4) is 0 Å². The summed E-state index contributed by atoms with van der Waals surface area (Å²) in [4.78, 5) is 14.2. The molecule has 2 atom stereocenters. The fourth-order valence-electron chi connectivity index (χ4n) is 3.75. The fraction of sp³-hybridized carbons (Fsp3) is 0.611. The van der Waals surface area contributed by atoms with Crippen molar-refractivity contribution in [1.29, 1.82) is 0 Å². The SMILES string of the molecule is CC1CN(C(=O)CCc2cccc(F)c2)CC1(O)C1CCC1. The number of nitrogens with zero attached hydrogens (tertiary/aromatic N) is 1. The first-order valence-electron chi connectivity index (χ1n) is 8.23. The third kappa shape index (κ3) is 2.89. The highest BCUT2D eigenvalue weighted by atomic mass is 19.1. The van der Waals surface area contributed by atoms with E-state index in [4.69, 9.17) is 0 Å². The molecular weight excluding hydrogens is 281 g/mol. The lowest BCUT2D eigenvalue weighted by Gasteiger charge is -2.41. The number of aryl methyl sites for hydroxylation is 1. The Morgan fingerprint density at radius 1 is 1.45 bits per heavy atom. The molecular formula is C18H24FNO2. The second kappa shape index (κ2) is 5.99. The average molecular weight is 305 g/mol. The smallest absolute Gasteiger partial charge is 0.223 e. The van der Waals surface area contributed by atoms with Crippen LogP contribution in [0.4, 0.5) is 4.39 Å². The van der Waals surface area contributed by atoms with Crippen molar-refractivity contribution in [1.82, 2.24) is 4.90 Å². The molecule has 22 heavy (non-hydrogen) atoms. The molecule has 1 aliphatic heterocycles. The minimum atomic E-state index is -0.702. The summed E-state index contributed by atoms with van der Waals surface area (Å²) in [5, 5.41) is 10.9. The van der Waals surface area contributed by atoms with E-state index in [0.717, 1.165) is 18.4 Å². The van der Waals surface area contributed by atoms with Crippen LogP contribution in [0, 0.1) is 17.7 Å². The molecule has 1 saturated heterocycles. The number of β-amino-alcohol motifs (C(OH)–C–C–N with tert-alkyl or cyclic N) is 1. The first kappa shape index (κ1) is 15.5. The monoisotopic (exact) mass is 305 g/mol. The third-order valence-electron chi connectivity index (χ3n) is 5.47. The van der Waals surface area contributed by atoms with Gasteiger partial charge in [-0.05, 0) is 42.9 Å². The number of likely N-dealkylation sites (tertiary alicyclic amines) is 1. The Morgan fingerprint density at radius 3 is 2.86 bits per heavy atom. The van der Waals surface area contributed by atoms with Crippen molar-refractivity contribution >= 4 is 5.91 Å². The van der Waals surface area contributed by atoms with E-state index in [1.165, 1.54) is 18.6 Å². The lowest BCUT2D eigenvalue weighted by Crippen LogP contribution is -2.48. The van der Waals surface area contributed by atoms with Gasteiger partial charge in [-0.15, -0.1) is 0 Å². The summed E-state index contributed by atoms with van der Waals surface area (Å²) in [7, 11) is 0. The molecule has 0 radical (unpaired) electrons. The van der Waals surface area contributed by atoms with Gasteiger partial charge in [-0.3, -0.25) is 4.79 Å². The van der Waals surface area contributed by atoms with E-state index in [1.54, 1.807) is 11.0 Å². The molecule has 1 saturated carbocycles. The van der Waals surface area contributed by atoms with Gasteiger partial charge in [-0.2, -0.15) is 0 Å². The van der Waals surface area contributed by atoms with Crippen LogP contribution in [-0.2, 0) is 11.2 Å². The Kier molecular flexibility index (Phi) is 4.22. The first-order valence-corrected chi connectivity index (χ1v) is 8.23. The number of carbonyl (C=O) groups is 1. The summed E-state index contributed by atoms with van der Waals surface area (Å²) in [5.41, 5.74) is 0.141. The van der Waals surface area contributed by atoms with Gasteiger partial charge in [0.05, 0.1) is 5.60 Å². The molecule has 0 bridgehead atoms. The predicted octanol–water partition coefficient (Wildman–Crippen LogP) is 2.77. The maximum Gasteiger partial charge on any atom is 0.223 e. The van der Waals surface area contributed by atoms with Crippen molar-refractivity contribution in [2.75, 3.05) is 13.1 Å². The normalized spacial score (nSPS) is 28.7. The van der Waals surface area contributed by atoms with E-state index in [-0.39, 0.29) is 17.6 Å². The number of hydrogen-bond donors (Lipinski definition) is 1. The lowest BCUT2D eigenvalue weighted by atomic mass is 9.69. The summed E-state index contributed by atoms with van der Waals surface area (Å²) < 4.78 is 13.2. The average Bonchev–Trinajstić information content (AvgIpc) is 2.70. The van der Waals surface area contributed by atoms with Crippen molar-refractivity contribution in [3.05, 3.63) is 35.6 Å². The van der Waals surface area contributed by atoms with Crippen molar-refractivity contribution in [2.24, 2.45) is 11.8 Å². The van der Waals surface area contributed by atoms with Gasteiger partial charge in [0, 0.05) is 25.4 Å². The van der Waals surface area contributed by atoms with Crippen LogP contribution in [0.25, 0.3) is 0 Å². The van der Waals surface area contributed by atoms with Crippen LogP contribution in [0.5, 0.6) is 0 Å². The van der Waals surface area contributed by atoms with E-state index in [0.29, 0.717) is 31.8 Å². The number of hydrogen-bond acceptors (Lipinski definition) is 2. The molecule has 1 N–H and O–H groups in total. The van der Waals surface area contributed by atoms with E-state index in [2.05, 4.69) is 0 Å². The number of benzene rings is 1. The lowest BCUT2D eigenvalue weighted by molar-refractivity contribution is -0.132. The van der Waals surface area contributed by atoms with Crippen LogP contribution in [-0.4, -0.2) is 34.6 Å². The number of halogens is 1. The van der Waals surface area contributed by atoms with Gasteiger partial charge in [0.2, 0.25) is 5.91 Å². The van der Waals surface area contributed by atoms with E-state index in [9.17, 15) is 14.3 Å². The Bertz CT molecular complexity index is 558. The Labute approximate surface area is 131 Å². The van der Waals surface area contributed by atoms with Gasteiger partial charge in [-0.25, -0.2) is 4.39 Å². The Hall–Kier alpha value is -1.42. The molecule has 3 rings (SSSR count). The molecule has 120 valence electrons. The van der Waals surface area contributed by atoms with Gasteiger partial charge < -0.3 is 10.0 Å². The van der Waals surface area contributed by atoms with Gasteiger partial charge in [0.15, 0.2) is 0 Å². The highest BCUT2D eigenvalue weighted by Gasteiger charge is 2.50. The molecule has 3 nitrogen and oxygen atoms in total. The molecule has 2 unspecified atom stereocenters. The minimum absolute atomic E-state index is 0.0614. The number of amides is 1. The molecule has 2 aliphatic rings. The van der Waals surface area contributed by atoms with Crippen molar-refractivity contribution in [2.45, 2.75) is 44.6 Å². The van der Waals surface area contributed by atoms with Gasteiger partial charge in [0.1, 0.15) is 5.82 Å². The predicted molar refractivity (Wildman–Crippen MR) is 82.8 cm³/mol. The molecule has 0 spiro atoms. The summed E-state index contributed by atoms with van der Waals surface area (Å²) >= 11 is 0. The summed E-state index contributed by atoms with van der Waals surface area (Å²) in [6, 6.07) is 6.40. The molecule has 4 heteroatoms. The zero-order chi connectivity index (χ0) is 15.7. The topological polar surface area (TPSA) is 40.5 Å². The van der Waals surface area contributed by atoms with Crippen molar-refractivity contribution in [3.63, 3.8) is 0 Å². The number of rotatable bonds is 4. The van der Waals surface area contributed by atoms with Crippen LogP contribution in [0.1, 0.15) is 38.2 Å². The zero-order valence-corrected chi connectivity index (χ0v) is 13.1. The molecule has 1 heterocycles. The standard InChI is InChI=1S/C18H24FNO2/c1-13-11-20(12-18(13,22)15-5-3-6-15)17(21)9-8-14-4-2-7-16(19)10-14/h2,4,7,10,13,15,22H,3,5-6,8-9,11-12H2,1H3. The fourth-order valence-corrected chi connectivity index (χ4v) is 3.75. The number of carbonyl (C=O) groups excluding carboxylic acids is 1. The van der Waals surface area contributed by atoms with Crippen LogP contribution in [0.15, 0.2) is 24.3 Å². The van der Waals surface area contributed by atoms with E-state index >= 15 is 0 Å². The Balaban J connectivity index is 1.57. The highest BCUT2D eigenvalue weighted by Crippen LogP contribution is 2.44. The van der Waals surface area contributed by atoms with Crippen molar-refractivity contribution in [3.8, 4) is 0 Å². The third-order valence-corrected chi connectivity index (χ3v) is 5.47. The largest absolute Gasteiger partial charge is 0.387 e. The summed E-state index contributed by atoms with van der Waals surface area (Å²) in [5.74, 6) is 0.282. The second-order valence-corrected chi connectivity index (χ2v) is 6.92. The molecule has 1 aromatic carbocycles.